The summed E-state index contributed by atoms with van der Waals surface area (Å²) in [4.78, 5) is 25.4. The van der Waals surface area contributed by atoms with E-state index in [1.165, 1.54) is 0 Å². The van der Waals surface area contributed by atoms with Crippen molar-refractivity contribution in [2.45, 2.75) is 32.8 Å². The molecule has 0 unspecified atom stereocenters. The number of carbonyl (C=O) groups excluding carboxylic acids is 2. The molecule has 0 radical (unpaired) electrons. The summed E-state index contributed by atoms with van der Waals surface area (Å²) in [5, 5.41) is 2.48. The lowest BCUT2D eigenvalue weighted by molar-refractivity contribution is -0.117. The Morgan fingerprint density at radius 3 is 2.76 bits per heavy atom. The maximum Gasteiger partial charge on any atom is 0.408 e. The molecule has 2 rings (SSSR count). The molecule has 1 aliphatic rings. The second-order valence-electron chi connectivity index (χ2n) is 6.04. The molecule has 1 aliphatic heterocycles. The first kappa shape index (κ1) is 15.2. The van der Waals surface area contributed by atoms with Crippen LogP contribution in [0.4, 0.5) is 16.2 Å². The molecule has 0 aromatic heterocycles. The summed E-state index contributed by atoms with van der Waals surface area (Å²) in [7, 11) is 0. The van der Waals surface area contributed by atoms with E-state index in [-0.39, 0.29) is 12.5 Å². The summed E-state index contributed by atoms with van der Waals surface area (Å²) < 4.78 is 5.10. The van der Waals surface area contributed by atoms with Gasteiger partial charge < -0.3 is 20.7 Å². The SMILES string of the molecule is CC(C)(C)OC(=O)NCC(=O)N1CCc2ccc(N)cc21. The Kier molecular flexibility index (Phi) is 4.06. The number of fused-ring (bicyclic) bond motifs is 1. The average molecular weight is 291 g/mol. The minimum atomic E-state index is -0.595. The Hall–Kier alpha value is -2.24. The summed E-state index contributed by atoms with van der Waals surface area (Å²) in [5.41, 5.74) is 7.71. The van der Waals surface area contributed by atoms with Gasteiger partial charge in [-0.25, -0.2) is 4.79 Å². The van der Waals surface area contributed by atoms with Gasteiger partial charge in [0.15, 0.2) is 0 Å². The predicted molar refractivity (Wildman–Crippen MR) is 81.1 cm³/mol. The van der Waals surface area contributed by atoms with Crippen LogP contribution >= 0.6 is 0 Å². The monoisotopic (exact) mass is 291 g/mol. The number of rotatable bonds is 2. The molecular weight excluding hydrogens is 270 g/mol. The van der Waals surface area contributed by atoms with Crippen molar-refractivity contribution >= 4 is 23.4 Å². The number of nitrogens with one attached hydrogen (secondary N) is 1. The van der Waals surface area contributed by atoms with Crippen molar-refractivity contribution in [1.29, 1.82) is 0 Å². The van der Waals surface area contributed by atoms with Gasteiger partial charge >= 0.3 is 6.09 Å². The first-order valence-electron chi connectivity index (χ1n) is 6.92. The third-order valence-electron chi connectivity index (χ3n) is 3.09. The van der Waals surface area contributed by atoms with Crippen molar-refractivity contribution in [1.82, 2.24) is 5.32 Å². The van der Waals surface area contributed by atoms with Gasteiger partial charge in [-0.05, 0) is 44.9 Å². The van der Waals surface area contributed by atoms with Crippen molar-refractivity contribution in [3.05, 3.63) is 23.8 Å². The number of benzene rings is 1. The van der Waals surface area contributed by atoms with Crippen molar-refractivity contribution in [2.75, 3.05) is 23.7 Å². The molecule has 2 amide bonds. The molecule has 0 fully saturated rings. The maximum atomic E-state index is 12.2. The number of alkyl carbamates (subject to hydrolysis) is 1. The largest absolute Gasteiger partial charge is 0.444 e. The molecule has 6 heteroatoms. The number of carbonyl (C=O) groups is 2. The average Bonchev–Trinajstić information content (AvgIpc) is 2.76. The molecule has 0 aliphatic carbocycles. The van der Waals surface area contributed by atoms with Gasteiger partial charge in [0.05, 0.1) is 0 Å². The molecular formula is C15H21N3O3. The first-order valence-corrected chi connectivity index (χ1v) is 6.92. The van der Waals surface area contributed by atoms with Crippen LogP contribution in [-0.2, 0) is 16.0 Å². The van der Waals surface area contributed by atoms with Crippen LogP contribution in [0, 0.1) is 0 Å². The van der Waals surface area contributed by atoms with E-state index in [0.29, 0.717) is 12.2 Å². The molecule has 0 atom stereocenters. The standard InChI is InChI=1S/C15H21N3O3/c1-15(2,3)21-14(20)17-9-13(19)18-7-6-10-4-5-11(16)8-12(10)18/h4-5,8H,6-7,9,16H2,1-3H3,(H,17,20). The lowest BCUT2D eigenvalue weighted by Gasteiger charge is -2.21. The Labute approximate surface area is 124 Å². The van der Waals surface area contributed by atoms with Gasteiger partial charge in [-0.2, -0.15) is 0 Å². The smallest absolute Gasteiger partial charge is 0.408 e. The topological polar surface area (TPSA) is 84.7 Å². The molecule has 21 heavy (non-hydrogen) atoms. The fraction of sp³-hybridized carbons (Fsp3) is 0.467. The van der Waals surface area contributed by atoms with E-state index in [1.54, 1.807) is 31.7 Å². The predicted octanol–water partition coefficient (Wildman–Crippen LogP) is 1.68. The molecule has 1 aromatic rings. The molecule has 114 valence electrons. The zero-order valence-electron chi connectivity index (χ0n) is 12.6. The Balaban J connectivity index is 1.94. The zero-order valence-corrected chi connectivity index (χ0v) is 12.6. The molecule has 0 spiro atoms. The Morgan fingerprint density at radius 1 is 1.38 bits per heavy atom. The highest BCUT2D eigenvalue weighted by atomic mass is 16.6. The van der Waals surface area contributed by atoms with Crippen LogP contribution in [0.2, 0.25) is 0 Å². The second kappa shape index (κ2) is 5.63. The van der Waals surface area contributed by atoms with Gasteiger partial charge in [-0.3, -0.25) is 4.79 Å². The highest BCUT2D eigenvalue weighted by molar-refractivity contribution is 5.98. The lowest BCUT2D eigenvalue weighted by atomic mass is 10.1. The second-order valence-corrected chi connectivity index (χ2v) is 6.04. The highest BCUT2D eigenvalue weighted by Gasteiger charge is 2.25. The minimum Gasteiger partial charge on any atom is -0.444 e. The van der Waals surface area contributed by atoms with Crippen molar-refractivity contribution in [2.24, 2.45) is 0 Å². The zero-order chi connectivity index (χ0) is 15.6. The molecule has 1 heterocycles. The number of nitrogens with two attached hydrogens (primary N) is 1. The van der Waals surface area contributed by atoms with Crippen molar-refractivity contribution in [3.8, 4) is 0 Å². The van der Waals surface area contributed by atoms with Crippen LogP contribution in [0.15, 0.2) is 18.2 Å². The van der Waals surface area contributed by atoms with E-state index in [2.05, 4.69) is 5.32 Å². The summed E-state index contributed by atoms with van der Waals surface area (Å²) in [6.45, 7) is 5.83. The van der Waals surface area contributed by atoms with E-state index in [4.69, 9.17) is 10.5 Å². The van der Waals surface area contributed by atoms with Crippen molar-refractivity contribution in [3.63, 3.8) is 0 Å². The van der Waals surface area contributed by atoms with Gasteiger partial charge in [-0.15, -0.1) is 0 Å². The van der Waals surface area contributed by atoms with Gasteiger partial charge in [0.2, 0.25) is 5.91 Å². The van der Waals surface area contributed by atoms with Gasteiger partial charge in [0, 0.05) is 17.9 Å². The van der Waals surface area contributed by atoms with Crippen LogP contribution in [0.3, 0.4) is 0 Å². The number of hydrogen-bond donors (Lipinski definition) is 2. The summed E-state index contributed by atoms with van der Waals surface area (Å²) in [6.07, 6.45) is 0.205. The maximum absolute atomic E-state index is 12.2. The molecule has 0 saturated carbocycles. The third kappa shape index (κ3) is 3.87. The van der Waals surface area contributed by atoms with Crippen LogP contribution in [-0.4, -0.2) is 30.7 Å². The summed E-state index contributed by atoms with van der Waals surface area (Å²) in [5.74, 6) is -0.176. The number of hydrogen-bond acceptors (Lipinski definition) is 4. The van der Waals surface area contributed by atoms with E-state index >= 15 is 0 Å². The van der Waals surface area contributed by atoms with Crippen LogP contribution in [0.1, 0.15) is 26.3 Å². The first-order chi connectivity index (χ1) is 9.76. The summed E-state index contributed by atoms with van der Waals surface area (Å²) >= 11 is 0. The van der Waals surface area contributed by atoms with Gasteiger partial charge in [0.1, 0.15) is 12.1 Å². The number of nitrogens with zero attached hydrogens (tertiary/aromatic N) is 1. The molecule has 1 aromatic carbocycles. The molecule has 0 bridgehead atoms. The molecule has 6 nitrogen and oxygen atoms in total. The van der Waals surface area contributed by atoms with Crippen LogP contribution < -0.4 is 16.0 Å². The number of amides is 2. The summed E-state index contributed by atoms with van der Waals surface area (Å²) in [6, 6.07) is 5.54. The number of anilines is 2. The number of ether oxygens (including phenoxy) is 1. The fourth-order valence-electron chi connectivity index (χ4n) is 2.21. The third-order valence-corrected chi connectivity index (χ3v) is 3.09. The number of nitrogen functional groups attached to an aromatic ring is 1. The van der Waals surface area contributed by atoms with E-state index < -0.39 is 11.7 Å². The fourth-order valence-corrected chi connectivity index (χ4v) is 2.21. The van der Waals surface area contributed by atoms with E-state index in [0.717, 1.165) is 17.7 Å². The van der Waals surface area contributed by atoms with Crippen molar-refractivity contribution < 1.29 is 14.3 Å². The van der Waals surface area contributed by atoms with E-state index in [1.807, 2.05) is 12.1 Å². The minimum absolute atomic E-state index is 0.0941. The normalized spacial score (nSPS) is 13.8. The molecule has 3 N–H and O–H groups in total. The Morgan fingerprint density at radius 2 is 2.10 bits per heavy atom. The van der Waals surface area contributed by atoms with Crippen LogP contribution in [0.25, 0.3) is 0 Å². The van der Waals surface area contributed by atoms with Gasteiger partial charge in [0.25, 0.3) is 0 Å². The highest BCUT2D eigenvalue weighted by Crippen LogP contribution is 2.29. The quantitative estimate of drug-likeness (QED) is 0.812. The Bertz CT molecular complexity index is 564. The van der Waals surface area contributed by atoms with E-state index in [9.17, 15) is 9.59 Å². The van der Waals surface area contributed by atoms with Gasteiger partial charge in [-0.1, -0.05) is 6.07 Å². The molecule has 0 saturated heterocycles. The lowest BCUT2D eigenvalue weighted by Crippen LogP contribution is -2.41. The van der Waals surface area contributed by atoms with Crippen LogP contribution in [0.5, 0.6) is 0 Å².